The maximum absolute atomic E-state index is 12.2. The molecule has 0 heterocycles. The van der Waals surface area contributed by atoms with Crippen LogP contribution in [0.3, 0.4) is 0 Å². The van der Waals surface area contributed by atoms with Gasteiger partial charge in [-0.15, -0.1) is 0 Å². The van der Waals surface area contributed by atoms with Crippen LogP contribution < -0.4 is 5.32 Å². The standard InChI is InChI=1S/C16H22BrNO2/c1-2-13(9-12-5-3-6-14(17)10-12)15(19)18-11-16(20)7-4-8-16/h3,5-6,10,13,20H,2,4,7-9,11H2,1H3,(H,18,19). The molecule has 110 valence electrons. The van der Waals surface area contributed by atoms with E-state index in [0.717, 1.165) is 42.1 Å². The van der Waals surface area contributed by atoms with Crippen LogP contribution >= 0.6 is 15.9 Å². The van der Waals surface area contributed by atoms with E-state index in [9.17, 15) is 9.90 Å². The van der Waals surface area contributed by atoms with E-state index >= 15 is 0 Å². The van der Waals surface area contributed by atoms with Gasteiger partial charge >= 0.3 is 0 Å². The summed E-state index contributed by atoms with van der Waals surface area (Å²) >= 11 is 3.45. The number of rotatable bonds is 6. The number of carbonyl (C=O) groups is 1. The van der Waals surface area contributed by atoms with Crippen LogP contribution in [0.15, 0.2) is 28.7 Å². The van der Waals surface area contributed by atoms with E-state index in [1.807, 2.05) is 25.1 Å². The average molecular weight is 340 g/mol. The van der Waals surface area contributed by atoms with Gasteiger partial charge in [0.2, 0.25) is 5.91 Å². The summed E-state index contributed by atoms with van der Waals surface area (Å²) in [4.78, 5) is 12.2. The van der Waals surface area contributed by atoms with Crippen molar-refractivity contribution in [1.29, 1.82) is 0 Å². The minimum Gasteiger partial charge on any atom is -0.388 e. The molecule has 2 rings (SSSR count). The van der Waals surface area contributed by atoms with Crippen LogP contribution in [0.4, 0.5) is 0 Å². The fourth-order valence-electron chi connectivity index (χ4n) is 2.53. The summed E-state index contributed by atoms with van der Waals surface area (Å²) in [6.07, 6.45) is 4.20. The monoisotopic (exact) mass is 339 g/mol. The zero-order valence-corrected chi connectivity index (χ0v) is 13.4. The van der Waals surface area contributed by atoms with E-state index in [0.29, 0.717) is 6.54 Å². The van der Waals surface area contributed by atoms with Crippen LogP contribution in [0.1, 0.15) is 38.2 Å². The quantitative estimate of drug-likeness (QED) is 0.836. The van der Waals surface area contributed by atoms with E-state index in [4.69, 9.17) is 0 Å². The van der Waals surface area contributed by atoms with E-state index < -0.39 is 5.60 Å². The van der Waals surface area contributed by atoms with Gasteiger partial charge < -0.3 is 10.4 Å². The molecule has 3 nitrogen and oxygen atoms in total. The Morgan fingerprint density at radius 2 is 2.25 bits per heavy atom. The van der Waals surface area contributed by atoms with Crippen molar-refractivity contribution in [2.24, 2.45) is 5.92 Å². The number of benzene rings is 1. The molecule has 2 N–H and O–H groups in total. The molecule has 0 aromatic heterocycles. The molecule has 20 heavy (non-hydrogen) atoms. The molecule has 1 atom stereocenters. The third-order valence-electron chi connectivity index (χ3n) is 4.11. The summed E-state index contributed by atoms with van der Waals surface area (Å²) in [5.41, 5.74) is 0.507. The maximum atomic E-state index is 12.2. The minimum atomic E-state index is -0.649. The molecule has 0 bridgehead atoms. The van der Waals surface area contributed by atoms with Gasteiger partial charge in [0.05, 0.1) is 5.60 Å². The molecule has 1 amide bonds. The van der Waals surface area contributed by atoms with Crippen molar-refractivity contribution < 1.29 is 9.90 Å². The molecule has 4 heteroatoms. The van der Waals surface area contributed by atoms with Crippen LogP contribution in [-0.2, 0) is 11.2 Å². The Morgan fingerprint density at radius 1 is 1.50 bits per heavy atom. The fraction of sp³-hybridized carbons (Fsp3) is 0.562. The van der Waals surface area contributed by atoms with E-state index in [1.165, 1.54) is 0 Å². The van der Waals surface area contributed by atoms with Crippen LogP contribution in [0, 0.1) is 5.92 Å². The number of hydrogen-bond acceptors (Lipinski definition) is 2. The lowest BCUT2D eigenvalue weighted by atomic mass is 9.80. The molecule has 1 aliphatic carbocycles. The fourth-order valence-corrected chi connectivity index (χ4v) is 2.98. The molecule has 0 spiro atoms. The van der Waals surface area contributed by atoms with Crippen LogP contribution in [0.5, 0.6) is 0 Å². The Morgan fingerprint density at radius 3 is 2.80 bits per heavy atom. The zero-order valence-electron chi connectivity index (χ0n) is 11.9. The van der Waals surface area contributed by atoms with Gasteiger partial charge in [0, 0.05) is 16.9 Å². The number of nitrogens with one attached hydrogen (secondary N) is 1. The highest BCUT2D eigenvalue weighted by Gasteiger charge is 2.35. The van der Waals surface area contributed by atoms with Gasteiger partial charge in [-0.3, -0.25) is 4.79 Å². The topological polar surface area (TPSA) is 49.3 Å². The molecule has 0 radical (unpaired) electrons. The average Bonchev–Trinajstić information content (AvgIpc) is 2.40. The molecular weight excluding hydrogens is 318 g/mol. The summed E-state index contributed by atoms with van der Waals surface area (Å²) in [7, 11) is 0. The number of hydrogen-bond donors (Lipinski definition) is 2. The van der Waals surface area contributed by atoms with Gasteiger partial charge in [0.1, 0.15) is 0 Å². The highest BCUT2D eigenvalue weighted by atomic mass is 79.9. The number of carbonyl (C=O) groups excluding carboxylic acids is 1. The molecule has 0 aliphatic heterocycles. The lowest BCUT2D eigenvalue weighted by Gasteiger charge is -2.36. The summed E-state index contributed by atoms with van der Waals surface area (Å²) in [5.74, 6) is 0.0146. The smallest absolute Gasteiger partial charge is 0.223 e. The lowest BCUT2D eigenvalue weighted by molar-refractivity contribution is -0.127. The van der Waals surface area contributed by atoms with Crippen molar-refractivity contribution in [3.63, 3.8) is 0 Å². The third kappa shape index (κ3) is 4.06. The zero-order chi connectivity index (χ0) is 14.6. The Kier molecular flexibility index (Phi) is 5.22. The van der Waals surface area contributed by atoms with Gasteiger partial charge in [-0.1, -0.05) is 35.0 Å². The molecule has 1 saturated carbocycles. The first-order valence-electron chi connectivity index (χ1n) is 7.27. The molecule has 0 saturated heterocycles. The van der Waals surface area contributed by atoms with Crippen molar-refractivity contribution in [1.82, 2.24) is 5.32 Å². The van der Waals surface area contributed by atoms with E-state index in [2.05, 4.69) is 27.3 Å². The first-order valence-corrected chi connectivity index (χ1v) is 8.06. The molecule has 1 aromatic carbocycles. The van der Waals surface area contributed by atoms with Gasteiger partial charge in [-0.05, 0) is 49.8 Å². The SMILES string of the molecule is CCC(Cc1cccc(Br)c1)C(=O)NCC1(O)CCC1. The molecule has 1 unspecified atom stereocenters. The lowest BCUT2D eigenvalue weighted by Crippen LogP contribution is -2.49. The van der Waals surface area contributed by atoms with E-state index in [-0.39, 0.29) is 11.8 Å². The summed E-state index contributed by atoms with van der Waals surface area (Å²) in [5, 5.41) is 12.9. The second-order valence-electron chi connectivity index (χ2n) is 5.73. The summed E-state index contributed by atoms with van der Waals surface area (Å²) in [6.45, 7) is 2.42. The van der Waals surface area contributed by atoms with Gasteiger partial charge in [0.25, 0.3) is 0 Å². The Bertz CT molecular complexity index is 471. The molecule has 1 fully saturated rings. The normalized spacial score (nSPS) is 18.1. The predicted molar refractivity (Wildman–Crippen MR) is 83.4 cm³/mol. The molecule has 1 aliphatic rings. The maximum Gasteiger partial charge on any atom is 0.223 e. The van der Waals surface area contributed by atoms with Crippen LogP contribution in [-0.4, -0.2) is 23.2 Å². The van der Waals surface area contributed by atoms with Crippen molar-refractivity contribution in [3.8, 4) is 0 Å². The Labute approximate surface area is 128 Å². The minimum absolute atomic E-state index is 0.0343. The van der Waals surface area contributed by atoms with Crippen LogP contribution in [0.25, 0.3) is 0 Å². The predicted octanol–water partition coefficient (Wildman–Crippen LogP) is 3.05. The molecule has 1 aromatic rings. The van der Waals surface area contributed by atoms with E-state index in [1.54, 1.807) is 0 Å². The van der Waals surface area contributed by atoms with Crippen LogP contribution in [0.2, 0.25) is 0 Å². The Balaban J connectivity index is 1.88. The second-order valence-corrected chi connectivity index (χ2v) is 6.65. The van der Waals surface area contributed by atoms with Gasteiger partial charge in [0.15, 0.2) is 0 Å². The van der Waals surface area contributed by atoms with Crippen molar-refractivity contribution in [2.75, 3.05) is 6.54 Å². The number of aliphatic hydroxyl groups is 1. The summed E-state index contributed by atoms with van der Waals surface area (Å²) in [6, 6.07) is 8.06. The van der Waals surface area contributed by atoms with Crippen molar-refractivity contribution in [2.45, 2.75) is 44.6 Å². The third-order valence-corrected chi connectivity index (χ3v) is 4.60. The first-order chi connectivity index (χ1) is 9.52. The first kappa shape index (κ1) is 15.5. The highest BCUT2D eigenvalue weighted by molar-refractivity contribution is 9.10. The molecular formula is C16H22BrNO2. The second kappa shape index (κ2) is 6.72. The van der Waals surface area contributed by atoms with Crippen molar-refractivity contribution in [3.05, 3.63) is 34.3 Å². The largest absolute Gasteiger partial charge is 0.388 e. The number of amides is 1. The number of halogens is 1. The summed E-state index contributed by atoms with van der Waals surface area (Å²) < 4.78 is 1.04. The highest BCUT2D eigenvalue weighted by Crippen LogP contribution is 2.30. The van der Waals surface area contributed by atoms with Gasteiger partial charge in [-0.25, -0.2) is 0 Å². The van der Waals surface area contributed by atoms with Crippen molar-refractivity contribution >= 4 is 21.8 Å². The van der Waals surface area contributed by atoms with Gasteiger partial charge in [-0.2, -0.15) is 0 Å². The Hall–Kier alpha value is -0.870.